The lowest BCUT2D eigenvalue weighted by atomic mass is 10.2. The Morgan fingerprint density at radius 1 is 0.885 bits per heavy atom. The molecular weight excluding hydrogens is 338 g/mol. The van der Waals surface area contributed by atoms with Crippen molar-refractivity contribution in [3.63, 3.8) is 0 Å². The summed E-state index contributed by atoms with van der Waals surface area (Å²) in [5.41, 5.74) is 1.50. The van der Waals surface area contributed by atoms with Crippen LogP contribution in [-0.2, 0) is 4.74 Å². The van der Waals surface area contributed by atoms with Crippen molar-refractivity contribution in [3.05, 3.63) is 48.5 Å². The van der Waals surface area contributed by atoms with Crippen molar-refractivity contribution >= 4 is 6.16 Å². The number of methoxy groups -OCH3 is 3. The molecule has 8 nitrogen and oxygen atoms in total. The summed E-state index contributed by atoms with van der Waals surface area (Å²) in [6.45, 7) is 0. The summed E-state index contributed by atoms with van der Waals surface area (Å²) in [7, 11) is 4.40. The van der Waals surface area contributed by atoms with Crippen LogP contribution in [-0.4, -0.2) is 42.2 Å². The molecule has 0 aliphatic carbocycles. The largest absolute Gasteiger partial charge is 0.516 e. The van der Waals surface area contributed by atoms with E-state index in [9.17, 15) is 4.79 Å². The van der Waals surface area contributed by atoms with Gasteiger partial charge in [-0.15, -0.1) is 5.10 Å². The molecule has 2 aromatic carbocycles. The molecule has 0 radical (unpaired) electrons. The van der Waals surface area contributed by atoms with Crippen LogP contribution in [0.5, 0.6) is 17.5 Å². The van der Waals surface area contributed by atoms with Crippen LogP contribution in [0.1, 0.15) is 0 Å². The van der Waals surface area contributed by atoms with Crippen LogP contribution in [0.2, 0.25) is 0 Å². The average Bonchev–Trinajstić information content (AvgIpc) is 3.11. The number of nitrogens with zero attached hydrogens (tertiary/aromatic N) is 3. The van der Waals surface area contributed by atoms with Gasteiger partial charge in [-0.2, -0.15) is 4.98 Å². The minimum absolute atomic E-state index is 0.113. The highest BCUT2D eigenvalue weighted by molar-refractivity contribution is 5.64. The molecule has 134 valence electrons. The number of aromatic nitrogens is 3. The number of rotatable bonds is 5. The van der Waals surface area contributed by atoms with Crippen LogP contribution in [0.3, 0.4) is 0 Å². The fourth-order valence-corrected chi connectivity index (χ4v) is 2.28. The quantitative estimate of drug-likeness (QED) is 0.650. The molecule has 3 aromatic rings. The lowest BCUT2D eigenvalue weighted by Gasteiger charge is -2.07. The molecule has 0 saturated carbocycles. The number of carbonyl (C=O) groups excluding carboxylic acids is 1. The Morgan fingerprint density at radius 3 is 2.00 bits per heavy atom. The first kappa shape index (κ1) is 17.3. The van der Waals surface area contributed by atoms with Crippen LogP contribution >= 0.6 is 0 Å². The number of hydrogen-bond donors (Lipinski definition) is 0. The molecule has 0 bridgehead atoms. The molecule has 26 heavy (non-hydrogen) atoms. The predicted octanol–water partition coefficient (Wildman–Crippen LogP) is 3.10. The van der Waals surface area contributed by atoms with E-state index in [-0.39, 0.29) is 6.01 Å². The molecule has 0 aliphatic heterocycles. The van der Waals surface area contributed by atoms with E-state index in [0.29, 0.717) is 11.6 Å². The smallest absolute Gasteiger partial charge is 0.497 e. The summed E-state index contributed by atoms with van der Waals surface area (Å²) in [6.07, 6.45) is -0.891. The first-order valence-corrected chi connectivity index (χ1v) is 7.66. The molecular formula is C18H17N3O5. The van der Waals surface area contributed by atoms with Gasteiger partial charge in [-0.05, 0) is 48.5 Å². The van der Waals surface area contributed by atoms with Crippen molar-refractivity contribution in [1.29, 1.82) is 0 Å². The molecule has 0 saturated heterocycles. The van der Waals surface area contributed by atoms with E-state index in [1.165, 1.54) is 7.11 Å². The second kappa shape index (κ2) is 7.56. The lowest BCUT2D eigenvalue weighted by Crippen LogP contribution is -2.08. The molecule has 8 heteroatoms. The van der Waals surface area contributed by atoms with E-state index in [0.717, 1.165) is 17.0 Å². The fraction of sp³-hybridized carbons (Fsp3) is 0.167. The van der Waals surface area contributed by atoms with Gasteiger partial charge in [0.15, 0.2) is 5.82 Å². The van der Waals surface area contributed by atoms with Crippen molar-refractivity contribution in [2.45, 2.75) is 0 Å². The second-order valence-corrected chi connectivity index (χ2v) is 5.11. The standard InChI is InChI=1S/C18H17N3O5/c1-23-14-8-4-12(5-9-14)16-19-17(26-18(22)25-3)20-21(16)13-6-10-15(24-2)11-7-13/h4-11H,1-3H3. The van der Waals surface area contributed by atoms with Crippen molar-refractivity contribution in [3.8, 4) is 34.6 Å². The molecule has 0 amide bonds. The first-order valence-electron chi connectivity index (χ1n) is 7.66. The zero-order valence-corrected chi connectivity index (χ0v) is 14.5. The summed E-state index contributed by atoms with van der Waals surface area (Å²) in [5.74, 6) is 1.93. The van der Waals surface area contributed by atoms with Crippen LogP contribution in [0.15, 0.2) is 48.5 Å². The van der Waals surface area contributed by atoms with Gasteiger partial charge in [0.1, 0.15) is 11.5 Å². The molecule has 0 aliphatic rings. The third-order valence-electron chi connectivity index (χ3n) is 3.59. The third-order valence-corrected chi connectivity index (χ3v) is 3.59. The molecule has 0 N–H and O–H groups in total. The number of ether oxygens (including phenoxy) is 4. The summed E-state index contributed by atoms with van der Waals surface area (Å²) in [6, 6.07) is 14.4. The van der Waals surface area contributed by atoms with Gasteiger partial charge in [0, 0.05) is 5.56 Å². The second-order valence-electron chi connectivity index (χ2n) is 5.11. The highest BCUT2D eigenvalue weighted by Crippen LogP contribution is 2.26. The highest BCUT2D eigenvalue weighted by Gasteiger charge is 2.17. The Balaban J connectivity index is 2.05. The van der Waals surface area contributed by atoms with Crippen LogP contribution in [0.25, 0.3) is 17.1 Å². The van der Waals surface area contributed by atoms with E-state index < -0.39 is 6.16 Å². The molecule has 1 heterocycles. The van der Waals surface area contributed by atoms with Gasteiger partial charge in [0.25, 0.3) is 0 Å². The number of hydrogen-bond acceptors (Lipinski definition) is 7. The molecule has 0 atom stereocenters. The Bertz CT molecular complexity index is 823. The lowest BCUT2D eigenvalue weighted by molar-refractivity contribution is 0.118. The molecule has 0 spiro atoms. The number of benzene rings is 2. The zero-order valence-electron chi connectivity index (χ0n) is 14.5. The summed E-state index contributed by atoms with van der Waals surface area (Å²) >= 11 is 0. The monoisotopic (exact) mass is 355 g/mol. The Hall–Kier alpha value is -3.55. The zero-order chi connectivity index (χ0) is 18.5. The normalized spacial score (nSPS) is 10.3. The van der Waals surface area contributed by atoms with Crippen molar-refractivity contribution < 1.29 is 23.7 Å². The minimum Gasteiger partial charge on any atom is -0.497 e. The van der Waals surface area contributed by atoms with Crippen LogP contribution in [0.4, 0.5) is 4.79 Å². The van der Waals surface area contributed by atoms with E-state index >= 15 is 0 Å². The minimum atomic E-state index is -0.891. The van der Waals surface area contributed by atoms with Crippen molar-refractivity contribution in [2.75, 3.05) is 21.3 Å². The molecule has 0 fully saturated rings. The topological polar surface area (TPSA) is 84.7 Å². The number of carbonyl (C=O) groups is 1. The van der Waals surface area contributed by atoms with Crippen LogP contribution in [0, 0.1) is 0 Å². The van der Waals surface area contributed by atoms with Crippen molar-refractivity contribution in [2.24, 2.45) is 0 Å². The van der Waals surface area contributed by atoms with Gasteiger partial charge in [-0.1, -0.05) is 0 Å². The fourth-order valence-electron chi connectivity index (χ4n) is 2.28. The van der Waals surface area contributed by atoms with Gasteiger partial charge in [0.2, 0.25) is 0 Å². The molecule has 1 aromatic heterocycles. The van der Waals surface area contributed by atoms with Gasteiger partial charge in [-0.25, -0.2) is 9.48 Å². The highest BCUT2D eigenvalue weighted by atomic mass is 16.7. The maximum absolute atomic E-state index is 11.4. The first-order chi connectivity index (χ1) is 12.6. The van der Waals surface area contributed by atoms with E-state index in [1.54, 1.807) is 31.0 Å². The SMILES string of the molecule is COC(=O)Oc1nc(-c2ccc(OC)cc2)n(-c2ccc(OC)cc2)n1. The Kier molecular flexibility index (Phi) is 5.02. The Morgan fingerprint density at radius 2 is 1.46 bits per heavy atom. The maximum Gasteiger partial charge on any atom is 0.516 e. The van der Waals surface area contributed by atoms with E-state index in [1.807, 2.05) is 36.4 Å². The Labute approximate surface area is 149 Å². The maximum atomic E-state index is 11.4. The predicted molar refractivity (Wildman–Crippen MR) is 92.9 cm³/mol. The van der Waals surface area contributed by atoms with Crippen molar-refractivity contribution in [1.82, 2.24) is 14.8 Å². The average molecular weight is 355 g/mol. The van der Waals surface area contributed by atoms with Gasteiger partial charge in [0.05, 0.1) is 27.0 Å². The van der Waals surface area contributed by atoms with Gasteiger partial charge >= 0.3 is 12.2 Å². The van der Waals surface area contributed by atoms with Crippen LogP contribution < -0.4 is 14.2 Å². The summed E-state index contributed by atoms with van der Waals surface area (Å²) in [4.78, 5) is 15.7. The summed E-state index contributed by atoms with van der Waals surface area (Å²) in [5, 5.41) is 4.25. The molecule has 0 unspecified atom stereocenters. The third kappa shape index (κ3) is 3.59. The van der Waals surface area contributed by atoms with E-state index in [4.69, 9.17) is 14.2 Å². The van der Waals surface area contributed by atoms with Gasteiger partial charge in [-0.3, -0.25) is 0 Å². The molecule has 3 rings (SSSR count). The summed E-state index contributed by atoms with van der Waals surface area (Å²) < 4.78 is 21.4. The van der Waals surface area contributed by atoms with Gasteiger partial charge < -0.3 is 18.9 Å². The van der Waals surface area contributed by atoms with E-state index in [2.05, 4.69) is 14.8 Å².